The van der Waals surface area contributed by atoms with Gasteiger partial charge < -0.3 is 15.8 Å². The fraction of sp³-hybridized carbons (Fsp3) is 0.286. The number of nitrogens with one attached hydrogen (secondary N) is 1. The molecule has 1 atom stereocenters. The summed E-state index contributed by atoms with van der Waals surface area (Å²) in [6.07, 6.45) is 0.661. The summed E-state index contributed by atoms with van der Waals surface area (Å²) in [5, 5.41) is 11.3. The van der Waals surface area contributed by atoms with Gasteiger partial charge in [-0.15, -0.1) is 10.2 Å². The molecular formula is C14H15N5O2S3. The number of nitrogens with two attached hydrogens (primary N) is 1. The van der Waals surface area contributed by atoms with E-state index in [1.54, 1.807) is 7.11 Å². The minimum Gasteiger partial charge on any atom is -0.497 e. The third-order valence-electron chi connectivity index (χ3n) is 3.15. The molecule has 0 saturated carbocycles. The minimum absolute atomic E-state index is 0.109. The maximum atomic E-state index is 12.5. The molecule has 0 bridgehead atoms. The summed E-state index contributed by atoms with van der Waals surface area (Å²) in [5.74, 6) is 0.655. The van der Waals surface area contributed by atoms with Crippen LogP contribution in [0.3, 0.4) is 0 Å². The molecule has 24 heavy (non-hydrogen) atoms. The van der Waals surface area contributed by atoms with Crippen LogP contribution in [-0.4, -0.2) is 33.4 Å². The van der Waals surface area contributed by atoms with Crippen LogP contribution in [0.25, 0.3) is 10.2 Å². The molecule has 2 aromatic heterocycles. The summed E-state index contributed by atoms with van der Waals surface area (Å²) in [6.45, 7) is 1.95. The summed E-state index contributed by atoms with van der Waals surface area (Å²) >= 11 is 4.05. The van der Waals surface area contributed by atoms with Crippen LogP contribution in [0.2, 0.25) is 0 Å². The Morgan fingerprint density at radius 3 is 2.92 bits per heavy atom. The quantitative estimate of drug-likeness (QED) is 0.632. The Bertz CT molecular complexity index is 863. The smallest absolute Gasteiger partial charge is 0.239 e. The Balaban J connectivity index is 1.72. The van der Waals surface area contributed by atoms with Crippen molar-refractivity contribution in [1.82, 2.24) is 15.2 Å². The molecule has 0 aliphatic rings. The first-order chi connectivity index (χ1) is 11.6. The van der Waals surface area contributed by atoms with E-state index in [-0.39, 0.29) is 11.2 Å². The third kappa shape index (κ3) is 3.77. The van der Waals surface area contributed by atoms with E-state index in [2.05, 4.69) is 20.5 Å². The first-order valence-electron chi connectivity index (χ1n) is 7.10. The van der Waals surface area contributed by atoms with Crippen LogP contribution in [0.5, 0.6) is 5.75 Å². The number of nitrogen functional groups attached to an aromatic ring is 1. The zero-order valence-corrected chi connectivity index (χ0v) is 15.4. The van der Waals surface area contributed by atoms with Gasteiger partial charge in [-0.2, -0.15) is 0 Å². The molecule has 2 heterocycles. The highest BCUT2D eigenvalue weighted by Crippen LogP contribution is 2.32. The monoisotopic (exact) mass is 381 g/mol. The van der Waals surface area contributed by atoms with Crippen LogP contribution >= 0.6 is 34.4 Å². The predicted octanol–water partition coefficient (Wildman–Crippen LogP) is 3.25. The van der Waals surface area contributed by atoms with Crippen LogP contribution in [0.4, 0.5) is 10.3 Å². The van der Waals surface area contributed by atoms with Gasteiger partial charge in [0.25, 0.3) is 0 Å². The van der Waals surface area contributed by atoms with Gasteiger partial charge in [0.1, 0.15) is 5.75 Å². The number of amides is 1. The van der Waals surface area contributed by atoms with E-state index in [1.807, 2.05) is 25.1 Å². The third-order valence-corrected chi connectivity index (χ3v) is 6.29. The number of thioether (sulfide) groups is 1. The van der Waals surface area contributed by atoms with Crippen LogP contribution < -0.4 is 15.8 Å². The molecule has 0 radical (unpaired) electrons. The number of hydrogen-bond acceptors (Lipinski definition) is 9. The summed E-state index contributed by atoms with van der Waals surface area (Å²) in [5.41, 5.74) is 6.40. The second-order valence-electron chi connectivity index (χ2n) is 4.76. The number of thiazole rings is 1. The molecule has 1 unspecified atom stereocenters. The summed E-state index contributed by atoms with van der Waals surface area (Å²) < 4.78 is 6.85. The van der Waals surface area contributed by atoms with Crippen LogP contribution in [0, 0.1) is 0 Å². The SMILES string of the molecule is CCC(Sc1nnc(N)s1)C(=O)Nc1nc2ccc(OC)cc2s1. The van der Waals surface area contributed by atoms with Gasteiger partial charge in [-0.1, -0.05) is 41.4 Å². The van der Waals surface area contributed by atoms with Crippen molar-refractivity contribution in [3.8, 4) is 5.75 Å². The highest BCUT2D eigenvalue weighted by molar-refractivity contribution is 8.02. The average Bonchev–Trinajstić information content (AvgIpc) is 3.16. The molecule has 126 valence electrons. The van der Waals surface area contributed by atoms with Crippen molar-refractivity contribution in [2.45, 2.75) is 22.9 Å². The fourth-order valence-corrected chi connectivity index (χ4v) is 4.68. The van der Waals surface area contributed by atoms with E-state index in [9.17, 15) is 4.79 Å². The summed E-state index contributed by atoms with van der Waals surface area (Å²) in [6, 6.07) is 5.62. The lowest BCUT2D eigenvalue weighted by Gasteiger charge is -2.11. The number of ether oxygens (including phenoxy) is 1. The van der Waals surface area contributed by atoms with Gasteiger partial charge in [0.05, 0.1) is 22.6 Å². The summed E-state index contributed by atoms with van der Waals surface area (Å²) in [4.78, 5) is 16.9. The van der Waals surface area contributed by atoms with E-state index in [0.717, 1.165) is 16.0 Å². The molecule has 1 aromatic carbocycles. The average molecular weight is 382 g/mol. The lowest BCUT2D eigenvalue weighted by Crippen LogP contribution is -2.24. The number of anilines is 2. The maximum Gasteiger partial charge on any atom is 0.239 e. The molecule has 0 spiro atoms. The number of rotatable bonds is 6. The molecule has 3 rings (SSSR count). The first-order valence-corrected chi connectivity index (χ1v) is 9.61. The van der Waals surface area contributed by atoms with E-state index in [1.165, 1.54) is 34.4 Å². The van der Waals surface area contributed by atoms with E-state index in [0.29, 0.717) is 21.0 Å². The topological polar surface area (TPSA) is 103 Å². The zero-order chi connectivity index (χ0) is 17.1. The Morgan fingerprint density at radius 1 is 1.42 bits per heavy atom. The number of hydrogen-bond donors (Lipinski definition) is 2. The van der Waals surface area contributed by atoms with Crippen molar-refractivity contribution in [2.24, 2.45) is 0 Å². The van der Waals surface area contributed by atoms with Gasteiger partial charge in [0, 0.05) is 0 Å². The number of nitrogens with zero attached hydrogens (tertiary/aromatic N) is 3. The van der Waals surface area contributed by atoms with E-state index < -0.39 is 0 Å². The minimum atomic E-state index is -0.279. The standard InChI is InChI=1S/C14H15N5O2S3/c1-3-9(23-14-19-18-12(15)24-14)11(20)17-13-16-8-5-4-7(21-2)6-10(8)22-13/h4-6,9H,3H2,1-2H3,(H2,15,18)(H,16,17,20). The highest BCUT2D eigenvalue weighted by Gasteiger charge is 2.21. The Labute approximate surface area is 150 Å². The van der Waals surface area contributed by atoms with E-state index in [4.69, 9.17) is 10.5 Å². The first kappa shape index (κ1) is 16.9. The molecule has 10 heteroatoms. The van der Waals surface area contributed by atoms with Crippen molar-refractivity contribution in [1.29, 1.82) is 0 Å². The number of aromatic nitrogens is 3. The Hall–Kier alpha value is -1.91. The molecule has 0 saturated heterocycles. The van der Waals surface area contributed by atoms with E-state index >= 15 is 0 Å². The second kappa shape index (κ2) is 7.32. The summed E-state index contributed by atoms with van der Waals surface area (Å²) in [7, 11) is 1.62. The molecule has 1 amide bonds. The zero-order valence-electron chi connectivity index (χ0n) is 13.0. The van der Waals surface area contributed by atoms with Gasteiger partial charge in [0.15, 0.2) is 9.47 Å². The second-order valence-corrected chi connectivity index (χ2v) is 8.25. The van der Waals surface area contributed by atoms with Crippen LogP contribution in [0.1, 0.15) is 13.3 Å². The number of benzene rings is 1. The van der Waals surface area contributed by atoms with Crippen molar-refractivity contribution < 1.29 is 9.53 Å². The van der Waals surface area contributed by atoms with Crippen molar-refractivity contribution in [3.63, 3.8) is 0 Å². The molecule has 3 N–H and O–H groups in total. The molecular weight excluding hydrogens is 366 g/mol. The van der Waals surface area contributed by atoms with Crippen molar-refractivity contribution in [2.75, 3.05) is 18.2 Å². The van der Waals surface area contributed by atoms with Gasteiger partial charge in [-0.3, -0.25) is 4.79 Å². The maximum absolute atomic E-state index is 12.5. The number of carbonyl (C=O) groups excluding carboxylic acids is 1. The van der Waals surface area contributed by atoms with Crippen molar-refractivity contribution in [3.05, 3.63) is 18.2 Å². The largest absolute Gasteiger partial charge is 0.497 e. The van der Waals surface area contributed by atoms with Gasteiger partial charge in [-0.25, -0.2) is 4.98 Å². The lowest BCUT2D eigenvalue weighted by atomic mass is 10.3. The molecule has 0 aliphatic heterocycles. The number of carbonyl (C=O) groups is 1. The lowest BCUT2D eigenvalue weighted by molar-refractivity contribution is -0.115. The van der Waals surface area contributed by atoms with Gasteiger partial charge in [-0.05, 0) is 24.6 Å². The molecule has 7 nitrogen and oxygen atoms in total. The fourth-order valence-electron chi connectivity index (χ4n) is 1.98. The van der Waals surface area contributed by atoms with Gasteiger partial charge in [0.2, 0.25) is 11.0 Å². The Kier molecular flexibility index (Phi) is 5.17. The number of fused-ring (bicyclic) bond motifs is 1. The normalized spacial score (nSPS) is 12.2. The number of methoxy groups -OCH3 is 1. The highest BCUT2D eigenvalue weighted by atomic mass is 32.2. The van der Waals surface area contributed by atoms with Crippen LogP contribution in [-0.2, 0) is 4.79 Å². The Morgan fingerprint density at radius 2 is 2.25 bits per heavy atom. The van der Waals surface area contributed by atoms with Gasteiger partial charge >= 0.3 is 0 Å². The molecule has 3 aromatic rings. The predicted molar refractivity (Wildman–Crippen MR) is 99.1 cm³/mol. The molecule has 0 aliphatic carbocycles. The van der Waals surface area contributed by atoms with Crippen LogP contribution in [0.15, 0.2) is 22.5 Å². The molecule has 0 fully saturated rings. The van der Waals surface area contributed by atoms with Crippen molar-refractivity contribution >= 4 is 60.8 Å².